The lowest BCUT2D eigenvalue weighted by molar-refractivity contribution is -0.141. The highest BCUT2D eigenvalue weighted by molar-refractivity contribution is 7.99. The van der Waals surface area contributed by atoms with E-state index >= 15 is 0 Å². The van der Waals surface area contributed by atoms with Crippen molar-refractivity contribution in [1.29, 1.82) is 0 Å². The molecule has 40 heavy (non-hydrogen) atoms. The van der Waals surface area contributed by atoms with Crippen LogP contribution >= 0.6 is 46.6 Å². The molecule has 1 atom stereocenters. The van der Waals surface area contributed by atoms with Gasteiger partial charge in [0, 0.05) is 45.4 Å². The van der Waals surface area contributed by atoms with Gasteiger partial charge in [0.25, 0.3) is 0 Å². The second-order valence-electron chi connectivity index (χ2n) is 10.2. The Hall–Kier alpha value is -2.18. The van der Waals surface area contributed by atoms with Crippen molar-refractivity contribution in [2.45, 2.75) is 74.9 Å². The number of amides is 2. The highest BCUT2D eigenvalue weighted by atomic mass is 35.5. The quantitative estimate of drug-likeness (QED) is 0.164. The maximum Gasteiger partial charge on any atom is 0.243 e. The molecule has 8 heteroatoms. The molecule has 1 aliphatic carbocycles. The smallest absolute Gasteiger partial charge is 0.243 e. The molecule has 1 N–H and O–H groups in total. The first-order valence-electron chi connectivity index (χ1n) is 13.8. The number of hydrogen-bond acceptors (Lipinski definition) is 3. The van der Waals surface area contributed by atoms with Crippen LogP contribution in [0.15, 0.2) is 77.7 Å². The second-order valence-corrected chi connectivity index (χ2v) is 12.7. The monoisotopic (exact) mass is 616 g/mol. The van der Waals surface area contributed by atoms with Crippen LogP contribution in [0.3, 0.4) is 0 Å². The molecule has 1 saturated carbocycles. The van der Waals surface area contributed by atoms with Crippen LogP contribution in [0.5, 0.6) is 0 Å². The molecule has 1 fully saturated rings. The summed E-state index contributed by atoms with van der Waals surface area (Å²) in [7, 11) is 0. The first kappa shape index (κ1) is 30.8. The zero-order valence-electron chi connectivity index (χ0n) is 22.5. The summed E-state index contributed by atoms with van der Waals surface area (Å²) < 4.78 is 0. The van der Waals surface area contributed by atoms with Crippen molar-refractivity contribution in [2.24, 2.45) is 0 Å². The molecule has 4 nitrogen and oxygen atoms in total. The van der Waals surface area contributed by atoms with Gasteiger partial charge in [-0.25, -0.2) is 0 Å². The molecule has 3 aromatic carbocycles. The van der Waals surface area contributed by atoms with E-state index in [1.54, 1.807) is 28.8 Å². The van der Waals surface area contributed by atoms with Gasteiger partial charge in [-0.2, -0.15) is 0 Å². The highest BCUT2D eigenvalue weighted by Gasteiger charge is 2.32. The second kappa shape index (κ2) is 15.7. The van der Waals surface area contributed by atoms with E-state index in [9.17, 15) is 9.59 Å². The van der Waals surface area contributed by atoms with Gasteiger partial charge in [-0.05, 0) is 72.5 Å². The van der Waals surface area contributed by atoms with Gasteiger partial charge in [-0.15, -0.1) is 11.8 Å². The summed E-state index contributed by atoms with van der Waals surface area (Å²) in [6.45, 7) is 0.231. The lowest BCUT2D eigenvalue weighted by Crippen LogP contribution is -2.52. The van der Waals surface area contributed by atoms with E-state index < -0.39 is 6.04 Å². The van der Waals surface area contributed by atoms with Crippen LogP contribution in [0.4, 0.5) is 0 Å². The third-order valence-corrected chi connectivity index (χ3v) is 9.13. The van der Waals surface area contributed by atoms with Gasteiger partial charge < -0.3 is 10.2 Å². The minimum Gasteiger partial charge on any atom is -0.352 e. The molecule has 0 unspecified atom stereocenters. The molecular formula is C32H35Cl3N2O2S. The van der Waals surface area contributed by atoms with E-state index in [-0.39, 0.29) is 24.4 Å². The Bertz CT molecular complexity index is 1250. The van der Waals surface area contributed by atoms with E-state index in [4.69, 9.17) is 34.8 Å². The van der Waals surface area contributed by atoms with Gasteiger partial charge in [0.2, 0.25) is 11.8 Å². The molecule has 1 aliphatic rings. The summed E-state index contributed by atoms with van der Waals surface area (Å²) in [5, 5.41) is 4.99. The van der Waals surface area contributed by atoms with Crippen molar-refractivity contribution in [3.05, 3.63) is 99.0 Å². The topological polar surface area (TPSA) is 49.4 Å². The van der Waals surface area contributed by atoms with Gasteiger partial charge in [-0.3, -0.25) is 9.59 Å². The third-order valence-electron chi connectivity index (χ3n) is 7.20. The lowest BCUT2D eigenvalue weighted by Gasteiger charge is -2.33. The van der Waals surface area contributed by atoms with Crippen LogP contribution in [0.25, 0.3) is 0 Å². The Kier molecular flexibility index (Phi) is 12.1. The van der Waals surface area contributed by atoms with Crippen molar-refractivity contribution >= 4 is 58.4 Å². The molecule has 0 aliphatic heterocycles. The first-order chi connectivity index (χ1) is 19.4. The van der Waals surface area contributed by atoms with Crippen molar-refractivity contribution in [2.75, 3.05) is 5.75 Å². The van der Waals surface area contributed by atoms with Crippen LogP contribution in [0.1, 0.15) is 56.1 Å². The highest BCUT2D eigenvalue weighted by Crippen LogP contribution is 2.26. The van der Waals surface area contributed by atoms with Crippen LogP contribution < -0.4 is 5.32 Å². The summed E-state index contributed by atoms with van der Waals surface area (Å²) in [5.74, 6) is 0.604. The van der Waals surface area contributed by atoms with Gasteiger partial charge in [0.05, 0.1) is 0 Å². The molecule has 0 saturated heterocycles. The number of rotatable bonds is 12. The Morgan fingerprint density at radius 3 is 2.30 bits per heavy atom. The van der Waals surface area contributed by atoms with E-state index in [0.717, 1.165) is 47.5 Å². The van der Waals surface area contributed by atoms with Crippen LogP contribution in [-0.2, 0) is 22.6 Å². The molecule has 0 aromatic heterocycles. The van der Waals surface area contributed by atoms with E-state index in [2.05, 4.69) is 5.32 Å². The van der Waals surface area contributed by atoms with Crippen LogP contribution in [0.2, 0.25) is 15.1 Å². The minimum absolute atomic E-state index is 0.0672. The zero-order valence-corrected chi connectivity index (χ0v) is 25.5. The normalized spacial score (nSPS) is 14.5. The lowest BCUT2D eigenvalue weighted by atomic mass is 9.94. The Morgan fingerprint density at radius 1 is 0.900 bits per heavy atom. The molecule has 0 spiro atoms. The summed E-state index contributed by atoms with van der Waals surface area (Å²) in [5.41, 5.74) is 1.77. The number of nitrogens with one attached hydrogen (secondary N) is 1. The number of carbonyl (C=O) groups is 2. The van der Waals surface area contributed by atoms with Gasteiger partial charge >= 0.3 is 0 Å². The van der Waals surface area contributed by atoms with Crippen LogP contribution in [0, 0.1) is 0 Å². The summed E-state index contributed by atoms with van der Waals surface area (Å²) in [6.07, 6.45) is 6.81. The minimum atomic E-state index is -0.660. The maximum atomic E-state index is 13.9. The van der Waals surface area contributed by atoms with E-state index in [0.29, 0.717) is 34.3 Å². The number of benzene rings is 3. The van der Waals surface area contributed by atoms with Gasteiger partial charge in [-0.1, -0.05) is 90.5 Å². The number of thioether (sulfide) groups is 1. The standard InChI is InChI=1S/C32H35Cl3N2O2S/c33-25-15-17-28(18-16-25)40-19-7-12-31(38)37(22-24-13-14-26(34)21-29(24)35)30(20-23-8-3-1-4-9-23)32(39)36-27-10-5-2-6-11-27/h1,3-4,8-9,13-18,21,27,30H,2,5-7,10-12,19-20,22H2,(H,36,39)/t30-/m0/s1. The molecule has 3 aromatic rings. The number of halogens is 3. The Balaban J connectivity index is 1.54. The predicted octanol–water partition coefficient (Wildman–Crippen LogP) is 8.61. The fraction of sp³-hybridized carbons (Fsp3) is 0.375. The molecule has 0 heterocycles. The fourth-order valence-electron chi connectivity index (χ4n) is 5.02. The maximum absolute atomic E-state index is 13.9. The van der Waals surface area contributed by atoms with Gasteiger partial charge in [0.15, 0.2) is 0 Å². The number of carbonyl (C=O) groups excluding carboxylic acids is 2. The molecule has 212 valence electrons. The fourth-order valence-corrected chi connectivity index (χ4v) is 6.47. The van der Waals surface area contributed by atoms with E-state index in [1.807, 2.05) is 60.7 Å². The first-order valence-corrected chi connectivity index (χ1v) is 16.0. The van der Waals surface area contributed by atoms with Crippen LogP contribution in [-0.4, -0.2) is 34.6 Å². The summed E-state index contributed by atoms with van der Waals surface area (Å²) in [4.78, 5) is 30.5. The number of nitrogens with zero attached hydrogens (tertiary/aromatic N) is 1. The van der Waals surface area contributed by atoms with Crippen molar-refractivity contribution in [1.82, 2.24) is 10.2 Å². The summed E-state index contributed by atoms with van der Waals surface area (Å²) in [6, 6.07) is 22.3. The zero-order chi connectivity index (χ0) is 28.3. The largest absolute Gasteiger partial charge is 0.352 e. The average molecular weight is 618 g/mol. The van der Waals surface area contributed by atoms with Crippen molar-refractivity contribution in [3.63, 3.8) is 0 Å². The van der Waals surface area contributed by atoms with E-state index in [1.165, 1.54) is 6.42 Å². The Morgan fingerprint density at radius 2 is 1.60 bits per heavy atom. The predicted molar refractivity (Wildman–Crippen MR) is 167 cm³/mol. The molecule has 0 radical (unpaired) electrons. The molecule has 0 bridgehead atoms. The third kappa shape index (κ3) is 9.44. The summed E-state index contributed by atoms with van der Waals surface area (Å²) >= 11 is 20.4. The molecular weight excluding hydrogens is 583 g/mol. The molecule has 2 amide bonds. The van der Waals surface area contributed by atoms with Crippen molar-refractivity contribution in [3.8, 4) is 0 Å². The van der Waals surface area contributed by atoms with Gasteiger partial charge in [0.1, 0.15) is 6.04 Å². The molecule has 4 rings (SSSR count). The SMILES string of the molecule is O=C(NC1CCCCC1)[C@H](Cc1ccccc1)N(Cc1ccc(Cl)cc1Cl)C(=O)CCCSc1ccc(Cl)cc1. The average Bonchev–Trinajstić information content (AvgIpc) is 2.96. The van der Waals surface area contributed by atoms with Crippen molar-refractivity contribution < 1.29 is 9.59 Å². The number of hydrogen-bond donors (Lipinski definition) is 1. The Labute approximate surface area is 256 Å².